The minimum Gasteiger partial charge on any atom is -0.830 e. The van der Waals surface area contributed by atoms with Crippen molar-refractivity contribution in [1.29, 1.82) is 0 Å². The van der Waals surface area contributed by atoms with Gasteiger partial charge in [0, 0.05) is 0 Å². The summed E-state index contributed by atoms with van der Waals surface area (Å²) in [6, 6.07) is 0. The molecule has 0 saturated heterocycles. The van der Waals surface area contributed by atoms with Gasteiger partial charge in [-0.05, 0) is 0 Å². The maximum absolute atomic E-state index is 11.3. The van der Waals surface area contributed by atoms with E-state index in [4.69, 9.17) is 0 Å². The molecule has 0 radical (unpaired) electrons. The molecule has 0 bridgehead atoms. The van der Waals surface area contributed by atoms with E-state index in [1.54, 1.807) is 0 Å². The molecule has 0 saturated carbocycles. The van der Waals surface area contributed by atoms with Gasteiger partial charge in [-0.15, -0.1) is 0 Å². The van der Waals surface area contributed by atoms with Gasteiger partial charge in [0.05, 0.1) is 0 Å². The normalized spacial score (nSPS) is 15.3. The summed E-state index contributed by atoms with van der Waals surface area (Å²) in [5.41, 5.74) is -27.8. The van der Waals surface area contributed by atoms with Crippen molar-refractivity contribution in [3.8, 4) is 0 Å². The second-order valence-electron chi connectivity index (χ2n) is 8.70. The quantitative estimate of drug-likeness (QED) is 0.274. The van der Waals surface area contributed by atoms with E-state index < -0.39 is 96.5 Å². The Morgan fingerprint density at radius 3 is 0.190 bits per heavy atom. The second-order valence-corrected chi connectivity index (χ2v) is 8.70. The van der Waals surface area contributed by atoms with Gasteiger partial charge in [0.1, 0.15) is 0 Å². The second kappa shape index (κ2) is 18.4. The number of halogens is 36. The molecule has 0 rings (SSSR count). The van der Waals surface area contributed by atoms with Gasteiger partial charge < -0.3 is 20.4 Å². The van der Waals surface area contributed by atoms with E-state index in [2.05, 4.69) is 0 Å². The van der Waals surface area contributed by atoms with E-state index in [-0.39, 0.29) is 36.2 Å². The zero-order valence-corrected chi connectivity index (χ0v) is 26.0. The minimum absolute atomic E-state index is 0. The monoisotopic (exact) mass is 974 g/mol. The van der Waals surface area contributed by atoms with Crippen LogP contribution in [-0.4, -0.2) is 114 Å². The summed E-state index contributed by atoms with van der Waals surface area (Å²) in [6.45, 7) is 0. The molecule has 0 heterocycles. The van der Waals surface area contributed by atoms with Crippen molar-refractivity contribution in [1.82, 2.24) is 0 Å². The van der Waals surface area contributed by atoms with Gasteiger partial charge in [0.2, 0.25) is 0 Å². The number of alkyl halides is 36. The Kier molecular flexibility index (Phi) is 21.7. The van der Waals surface area contributed by atoms with Gasteiger partial charge in [0.25, 0.3) is 0 Å². The van der Waals surface area contributed by atoms with Crippen LogP contribution < -0.4 is 39.3 Å². The van der Waals surface area contributed by atoms with Crippen LogP contribution in [0.5, 0.6) is 0 Å². The van der Waals surface area contributed by atoms with Crippen molar-refractivity contribution in [3.05, 3.63) is 0 Å². The van der Waals surface area contributed by atoms with Gasteiger partial charge in [-0.25, -0.2) is 0 Å². The average molecular weight is 974 g/mol. The zero-order valence-electron chi connectivity index (χ0n) is 24.8. The molecule has 0 aromatic carbocycles. The van der Waals surface area contributed by atoms with E-state index in [9.17, 15) is 178 Å². The molecular weight excluding hydrogens is 974 g/mol. The van der Waals surface area contributed by atoms with Crippen molar-refractivity contribution >= 4 is 17.4 Å². The van der Waals surface area contributed by atoms with Gasteiger partial charge in [-0.2, -0.15) is 158 Å². The van der Waals surface area contributed by atoms with Crippen LogP contribution in [0.4, 0.5) is 158 Å². The SMILES string of the molecule is [Al+3].[Li+].[O-]C(C(F)(F)F)(C(F)(F)F)C(F)(F)F.[O-]C(C(F)(F)F)(C(F)(F)F)C(F)(F)F.[O-]C(C(F)(F)F)(C(F)(F)F)C(F)(F)F.[O-]C(C(F)(F)F)(C(F)(F)F)C(F)(F)F. The Morgan fingerprint density at radius 2 is 0.190 bits per heavy atom. The van der Waals surface area contributed by atoms with Crippen molar-refractivity contribution in [3.63, 3.8) is 0 Å². The Bertz CT molecular complexity index is 888. The molecule has 58 heavy (non-hydrogen) atoms. The largest absolute Gasteiger partial charge is 3.00 e. The summed E-state index contributed by atoms with van der Waals surface area (Å²) in [6.07, 6.45) is -83.8. The first-order chi connectivity index (χ1) is 23.0. The average Bonchev–Trinajstić information content (AvgIpc) is 2.79. The number of hydrogen-bond donors (Lipinski definition) is 0. The Balaban J connectivity index is -0.000000154. The Morgan fingerprint density at radius 1 is 0.155 bits per heavy atom. The molecule has 0 unspecified atom stereocenters. The smallest absolute Gasteiger partial charge is 0.830 e. The third-order valence-corrected chi connectivity index (χ3v) is 4.79. The van der Waals surface area contributed by atoms with Crippen LogP contribution in [0.2, 0.25) is 0 Å². The fourth-order valence-corrected chi connectivity index (χ4v) is 1.93. The topological polar surface area (TPSA) is 92.2 Å². The third kappa shape index (κ3) is 13.7. The van der Waals surface area contributed by atoms with Gasteiger partial charge >= 0.3 is 110 Å². The fourth-order valence-electron chi connectivity index (χ4n) is 1.93. The Labute approximate surface area is 312 Å². The minimum atomic E-state index is -6.98. The molecule has 0 fully saturated rings. The molecule has 0 spiro atoms. The van der Waals surface area contributed by atoms with E-state index in [1.165, 1.54) is 0 Å². The van der Waals surface area contributed by atoms with E-state index in [0.717, 1.165) is 0 Å². The molecule has 4 nitrogen and oxygen atoms in total. The molecular formula is C16AlF36LiO4. The van der Waals surface area contributed by atoms with Crippen molar-refractivity contribution in [2.45, 2.75) is 96.5 Å². The zero-order chi connectivity index (χ0) is 48.0. The first-order valence-corrected chi connectivity index (χ1v) is 10.6. The standard InChI is InChI=1S/4C4F9O.Al.Li/c4*5-2(6,7)1(14,3(8,9)10)4(11,12)13;;/q4*-1;+3;+1. The summed E-state index contributed by atoms with van der Waals surface area (Å²) in [4.78, 5) is 0. The van der Waals surface area contributed by atoms with Crippen molar-refractivity contribution in [2.24, 2.45) is 0 Å². The maximum atomic E-state index is 11.3. The van der Waals surface area contributed by atoms with Crippen molar-refractivity contribution in [2.75, 3.05) is 0 Å². The fraction of sp³-hybridized carbons (Fsp3) is 1.00. The van der Waals surface area contributed by atoms with Gasteiger partial charge in [0.15, 0.2) is 22.4 Å². The van der Waals surface area contributed by atoms with E-state index in [0.29, 0.717) is 0 Å². The predicted octanol–water partition coefficient (Wildman–Crippen LogP) is 3.71. The summed E-state index contributed by atoms with van der Waals surface area (Å²) in [5.74, 6) is 0. The van der Waals surface area contributed by atoms with Gasteiger partial charge in [-0.3, -0.25) is 0 Å². The van der Waals surface area contributed by atoms with Crippen LogP contribution in [0.25, 0.3) is 0 Å². The maximum Gasteiger partial charge on any atom is 3.00 e. The van der Waals surface area contributed by atoms with Crippen LogP contribution in [0, 0.1) is 0 Å². The van der Waals surface area contributed by atoms with Crippen molar-refractivity contribution < 1.29 is 197 Å². The summed E-state index contributed by atoms with van der Waals surface area (Å²) >= 11 is 0. The molecule has 0 aliphatic rings. The molecule has 0 aliphatic carbocycles. The summed E-state index contributed by atoms with van der Waals surface area (Å²) in [5, 5.41) is 39.2. The summed E-state index contributed by atoms with van der Waals surface area (Å²) < 4.78 is 408. The molecule has 0 amide bonds. The van der Waals surface area contributed by atoms with Crippen LogP contribution in [-0.2, 0) is 0 Å². The van der Waals surface area contributed by atoms with Gasteiger partial charge in [-0.1, -0.05) is 0 Å². The summed E-state index contributed by atoms with van der Waals surface area (Å²) in [7, 11) is 0. The van der Waals surface area contributed by atoms with Crippen LogP contribution in [0.3, 0.4) is 0 Å². The van der Waals surface area contributed by atoms with E-state index in [1.807, 2.05) is 0 Å². The van der Waals surface area contributed by atoms with Crippen LogP contribution in [0.15, 0.2) is 0 Å². The Hall–Kier alpha value is -1.55. The first-order valence-electron chi connectivity index (χ1n) is 10.6. The predicted molar refractivity (Wildman–Crippen MR) is 89.3 cm³/mol. The third-order valence-electron chi connectivity index (χ3n) is 4.79. The number of rotatable bonds is 0. The molecule has 0 atom stereocenters. The molecule has 42 heteroatoms. The molecule has 0 aromatic rings. The molecule has 0 aliphatic heterocycles. The van der Waals surface area contributed by atoms with Crippen LogP contribution >= 0.6 is 0 Å². The molecule has 344 valence electrons. The van der Waals surface area contributed by atoms with Crippen LogP contribution in [0.1, 0.15) is 0 Å². The molecule has 0 aromatic heterocycles. The van der Waals surface area contributed by atoms with E-state index >= 15 is 0 Å². The number of hydrogen-bond acceptors (Lipinski definition) is 4. The first kappa shape index (κ1) is 68.2. The molecule has 0 N–H and O–H groups in total.